The summed E-state index contributed by atoms with van der Waals surface area (Å²) in [6, 6.07) is -0.0290. The third-order valence-electron chi connectivity index (χ3n) is 5.06. The molecule has 1 aliphatic carbocycles. The van der Waals surface area contributed by atoms with Crippen LogP contribution in [0.25, 0.3) is 0 Å². The summed E-state index contributed by atoms with van der Waals surface area (Å²) in [5, 5.41) is 0. The number of amides is 1. The fourth-order valence-electron chi connectivity index (χ4n) is 3.25. The second kappa shape index (κ2) is 7.65. The predicted octanol–water partition coefficient (Wildman–Crippen LogP) is -1.66. The molecule has 1 saturated carbocycles. The lowest BCUT2D eigenvalue weighted by atomic mass is 10.1. The minimum Gasteiger partial charge on any atom is -0.384 e. The average molecular weight is 378 g/mol. The number of anilines is 1. The highest BCUT2D eigenvalue weighted by atomic mass is 16.2. The number of likely N-dealkylation sites (N-methyl/N-ethyl adjacent to an activating group) is 1. The maximum absolute atomic E-state index is 12.7. The maximum atomic E-state index is 12.7. The van der Waals surface area contributed by atoms with Gasteiger partial charge in [-0.25, -0.2) is 4.79 Å². The molecule has 1 aliphatic heterocycles. The molecule has 0 unspecified atom stereocenters. The van der Waals surface area contributed by atoms with Gasteiger partial charge in [-0.15, -0.1) is 0 Å². The number of Topliss-reactive ketones (excluding diaryl/α,β-unsaturated/α-hetero) is 1. The van der Waals surface area contributed by atoms with E-state index in [1.165, 1.54) is 4.57 Å². The molecule has 0 radical (unpaired) electrons. The standard InChI is InChI=1S/C17H26N6O4/c1-20(2)13(25)10-22-7-5-21(6-8-22)9-12(24)14-15(18)23(11-3-4-11)17(27)19-16(14)26/h11H,3-10,18H2,1-2H3,(H,19,26,27). The molecule has 3 rings (SSSR count). The highest BCUT2D eigenvalue weighted by Gasteiger charge is 2.30. The van der Waals surface area contributed by atoms with Crippen LogP contribution in [0.4, 0.5) is 5.82 Å². The Morgan fingerprint density at radius 2 is 1.63 bits per heavy atom. The smallest absolute Gasteiger partial charge is 0.330 e. The fraction of sp³-hybridized carbons (Fsp3) is 0.647. The molecular formula is C17H26N6O4. The molecule has 2 fully saturated rings. The number of hydrogen-bond acceptors (Lipinski definition) is 7. The summed E-state index contributed by atoms with van der Waals surface area (Å²) < 4.78 is 1.32. The summed E-state index contributed by atoms with van der Waals surface area (Å²) in [5.41, 5.74) is 4.57. The molecule has 2 aliphatic rings. The molecule has 0 aromatic carbocycles. The number of carbonyl (C=O) groups is 2. The lowest BCUT2D eigenvalue weighted by molar-refractivity contribution is -0.130. The van der Waals surface area contributed by atoms with E-state index in [9.17, 15) is 19.2 Å². The van der Waals surface area contributed by atoms with E-state index in [2.05, 4.69) is 4.98 Å². The van der Waals surface area contributed by atoms with Crippen LogP contribution >= 0.6 is 0 Å². The summed E-state index contributed by atoms with van der Waals surface area (Å²) in [5.74, 6) is -0.381. The number of ketones is 1. The van der Waals surface area contributed by atoms with Crippen molar-refractivity contribution in [1.29, 1.82) is 0 Å². The molecule has 0 bridgehead atoms. The largest absolute Gasteiger partial charge is 0.384 e. The van der Waals surface area contributed by atoms with E-state index < -0.39 is 11.2 Å². The van der Waals surface area contributed by atoms with Gasteiger partial charge in [0.1, 0.15) is 11.4 Å². The van der Waals surface area contributed by atoms with Gasteiger partial charge in [-0.1, -0.05) is 0 Å². The van der Waals surface area contributed by atoms with Crippen molar-refractivity contribution in [1.82, 2.24) is 24.3 Å². The van der Waals surface area contributed by atoms with E-state index in [1.807, 2.05) is 9.80 Å². The molecule has 1 saturated heterocycles. The first-order valence-electron chi connectivity index (χ1n) is 9.10. The number of aromatic nitrogens is 2. The Morgan fingerprint density at radius 3 is 2.15 bits per heavy atom. The first kappa shape index (κ1) is 19.3. The van der Waals surface area contributed by atoms with E-state index >= 15 is 0 Å². The maximum Gasteiger partial charge on any atom is 0.330 e. The van der Waals surface area contributed by atoms with Crippen molar-refractivity contribution in [3.8, 4) is 0 Å². The minimum atomic E-state index is -0.727. The summed E-state index contributed by atoms with van der Waals surface area (Å²) >= 11 is 0. The van der Waals surface area contributed by atoms with Crippen LogP contribution in [0.3, 0.4) is 0 Å². The Hall–Kier alpha value is -2.46. The number of hydrogen-bond donors (Lipinski definition) is 2. The van der Waals surface area contributed by atoms with E-state index in [4.69, 9.17) is 5.73 Å². The van der Waals surface area contributed by atoms with Crippen LogP contribution in [0.2, 0.25) is 0 Å². The van der Waals surface area contributed by atoms with Gasteiger partial charge < -0.3 is 10.6 Å². The van der Waals surface area contributed by atoms with Crippen LogP contribution in [0.5, 0.6) is 0 Å². The van der Waals surface area contributed by atoms with Gasteiger partial charge in [-0.05, 0) is 12.8 Å². The number of nitrogens with two attached hydrogens (primary N) is 1. The van der Waals surface area contributed by atoms with Gasteiger partial charge in [0, 0.05) is 46.3 Å². The highest BCUT2D eigenvalue weighted by Crippen LogP contribution is 2.35. The molecule has 3 N–H and O–H groups in total. The second-order valence-electron chi connectivity index (χ2n) is 7.38. The molecule has 27 heavy (non-hydrogen) atoms. The SMILES string of the molecule is CN(C)C(=O)CN1CCN(CC(=O)c2c(N)n(C3CC3)c(=O)[nH]c2=O)CC1. The van der Waals surface area contributed by atoms with Crippen molar-refractivity contribution in [2.45, 2.75) is 18.9 Å². The van der Waals surface area contributed by atoms with Gasteiger partial charge in [-0.3, -0.25) is 33.7 Å². The zero-order valence-electron chi connectivity index (χ0n) is 15.7. The van der Waals surface area contributed by atoms with Crippen molar-refractivity contribution in [2.75, 3.05) is 59.1 Å². The third kappa shape index (κ3) is 4.28. The van der Waals surface area contributed by atoms with E-state index in [0.717, 1.165) is 12.8 Å². The molecule has 0 spiro atoms. The third-order valence-corrected chi connectivity index (χ3v) is 5.06. The van der Waals surface area contributed by atoms with Crippen LogP contribution in [0, 0.1) is 0 Å². The number of nitrogen functional groups attached to an aromatic ring is 1. The van der Waals surface area contributed by atoms with Crippen LogP contribution in [-0.4, -0.2) is 89.3 Å². The Labute approximate surface area is 156 Å². The molecule has 0 atom stereocenters. The van der Waals surface area contributed by atoms with Gasteiger partial charge in [0.15, 0.2) is 5.78 Å². The molecule has 10 nitrogen and oxygen atoms in total. The fourth-order valence-corrected chi connectivity index (χ4v) is 3.25. The summed E-state index contributed by atoms with van der Waals surface area (Å²) in [6.45, 7) is 2.99. The Balaban J connectivity index is 1.64. The number of carbonyl (C=O) groups excluding carboxylic acids is 2. The van der Waals surface area contributed by atoms with Crippen molar-refractivity contribution < 1.29 is 9.59 Å². The Bertz CT molecular complexity index is 846. The van der Waals surface area contributed by atoms with Crippen molar-refractivity contribution >= 4 is 17.5 Å². The van der Waals surface area contributed by atoms with E-state index in [0.29, 0.717) is 32.7 Å². The number of H-pyrrole nitrogens is 1. The van der Waals surface area contributed by atoms with Crippen LogP contribution in [0.15, 0.2) is 9.59 Å². The summed E-state index contributed by atoms with van der Waals surface area (Å²) in [4.78, 5) is 56.3. The number of nitrogens with zero attached hydrogens (tertiary/aromatic N) is 4. The van der Waals surface area contributed by atoms with Gasteiger partial charge in [-0.2, -0.15) is 0 Å². The van der Waals surface area contributed by atoms with Gasteiger partial charge in [0.05, 0.1) is 13.1 Å². The number of aromatic amines is 1. The number of nitrogens with one attached hydrogen (secondary N) is 1. The zero-order valence-corrected chi connectivity index (χ0v) is 15.7. The van der Waals surface area contributed by atoms with Gasteiger partial charge in [0.25, 0.3) is 5.56 Å². The van der Waals surface area contributed by atoms with Crippen LogP contribution in [-0.2, 0) is 4.79 Å². The Morgan fingerprint density at radius 1 is 1.07 bits per heavy atom. The summed E-state index contributed by atoms with van der Waals surface area (Å²) in [7, 11) is 3.44. The number of piperazine rings is 1. The van der Waals surface area contributed by atoms with Crippen LogP contribution < -0.4 is 17.0 Å². The van der Waals surface area contributed by atoms with E-state index in [-0.39, 0.29) is 35.7 Å². The lowest BCUT2D eigenvalue weighted by Crippen LogP contribution is -2.50. The minimum absolute atomic E-state index is 0.0290. The molecular weight excluding hydrogens is 352 g/mol. The number of rotatable bonds is 6. The van der Waals surface area contributed by atoms with Crippen molar-refractivity contribution in [2.24, 2.45) is 0 Å². The first-order valence-corrected chi connectivity index (χ1v) is 9.10. The molecule has 1 amide bonds. The van der Waals surface area contributed by atoms with Crippen molar-refractivity contribution in [3.63, 3.8) is 0 Å². The first-order chi connectivity index (χ1) is 12.8. The predicted molar refractivity (Wildman–Crippen MR) is 99.9 cm³/mol. The highest BCUT2D eigenvalue weighted by molar-refractivity contribution is 6.01. The Kier molecular flexibility index (Phi) is 5.47. The molecule has 1 aromatic heterocycles. The van der Waals surface area contributed by atoms with Crippen LogP contribution in [0.1, 0.15) is 29.2 Å². The summed E-state index contributed by atoms with van der Waals surface area (Å²) in [6.07, 6.45) is 1.63. The van der Waals surface area contributed by atoms with Gasteiger partial charge >= 0.3 is 5.69 Å². The molecule has 148 valence electrons. The lowest BCUT2D eigenvalue weighted by Gasteiger charge is -2.34. The molecule has 2 heterocycles. The average Bonchev–Trinajstić information content (AvgIpc) is 3.40. The topological polar surface area (TPSA) is 125 Å². The quantitative estimate of drug-likeness (QED) is 0.568. The molecule has 1 aromatic rings. The second-order valence-corrected chi connectivity index (χ2v) is 7.38. The van der Waals surface area contributed by atoms with E-state index in [1.54, 1.807) is 19.0 Å². The van der Waals surface area contributed by atoms with Gasteiger partial charge in [0.2, 0.25) is 5.91 Å². The van der Waals surface area contributed by atoms with Crippen molar-refractivity contribution in [3.05, 3.63) is 26.4 Å². The zero-order chi connectivity index (χ0) is 19.7. The molecule has 10 heteroatoms. The normalized spacial score (nSPS) is 18.4. The monoisotopic (exact) mass is 378 g/mol.